The van der Waals surface area contributed by atoms with Crippen LogP contribution < -0.4 is 4.74 Å². The zero-order valence-corrected chi connectivity index (χ0v) is 15.2. The summed E-state index contributed by atoms with van der Waals surface area (Å²) in [6.45, 7) is 2.56. The minimum absolute atomic E-state index is 0.147. The highest BCUT2D eigenvalue weighted by Gasteiger charge is 2.34. The van der Waals surface area contributed by atoms with Crippen LogP contribution in [0.1, 0.15) is 35.6 Å². The van der Waals surface area contributed by atoms with Crippen molar-refractivity contribution in [2.75, 3.05) is 19.7 Å². The van der Waals surface area contributed by atoms with Crippen LogP contribution in [-0.4, -0.2) is 46.8 Å². The van der Waals surface area contributed by atoms with Crippen LogP contribution in [0.25, 0.3) is 0 Å². The fourth-order valence-electron chi connectivity index (χ4n) is 3.94. The molecule has 2 aliphatic rings. The lowest BCUT2D eigenvalue weighted by Crippen LogP contribution is -2.42. The first kappa shape index (κ1) is 17.9. The SMILES string of the molecule is O=C(O)[C@H](c1cccc2c1OCC2)N1CCC(OCc2cccnc2)CC1. The molecule has 0 saturated carbocycles. The standard InChI is InChI=1S/C21H24N2O4/c24-21(25)19(18-5-1-4-16-8-12-26-20(16)18)23-10-6-17(7-11-23)27-14-15-3-2-9-22-13-15/h1-5,9,13,17,19H,6-8,10-12,14H2,(H,24,25)/t19-/m0/s1. The second kappa shape index (κ2) is 8.06. The summed E-state index contributed by atoms with van der Waals surface area (Å²) in [6.07, 6.45) is 6.19. The van der Waals surface area contributed by atoms with Crippen LogP contribution in [0.3, 0.4) is 0 Å². The number of ether oxygens (including phenoxy) is 2. The van der Waals surface area contributed by atoms with Gasteiger partial charge in [0.25, 0.3) is 0 Å². The molecule has 1 N–H and O–H groups in total. The van der Waals surface area contributed by atoms with E-state index in [0.717, 1.165) is 41.7 Å². The summed E-state index contributed by atoms with van der Waals surface area (Å²) < 4.78 is 11.7. The van der Waals surface area contributed by atoms with Gasteiger partial charge in [0.1, 0.15) is 11.8 Å². The van der Waals surface area contributed by atoms with Crippen LogP contribution in [0.5, 0.6) is 5.75 Å². The third kappa shape index (κ3) is 3.96. The average molecular weight is 368 g/mol. The van der Waals surface area contributed by atoms with Crippen LogP contribution in [0.15, 0.2) is 42.7 Å². The lowest BCUT2D eigenvalue weighted by Gasteiger charge is -2.36. The predicted molar refractivity (Wildman–Crippen MR) is 99.6 cm³/mol. The Morgan fingerprint density at radius 3 is 2.89 bits per heavy atom. The maximum atomic E-state index is 12.1. The van der Waals surface area contributed by atoms with E-state index in [9.17, 15) is 9.90 Å². The summed E-state index contributed by atoms with van der Waals surface area (Å²) in [5.74, 6) is -0.0616. The van der Waals surface area contributed by atoms with Gasteiger partial charge in [-0.1, -0.05) is 24.3 Å². The van der Waals surface area contributed by atoms with Gasteiger partial charge in [0, 0.05) is 37.5 Å². The molecule has 0 bridgehead atoms. The highest BCUT2D eigenvalue weighted by molar-refractivity contribution is 5.77. The number of rotatable bonds is 6. The zero-order chi connectivity index (χ0) is 18.6. The number of carboxylic acids is 1. The Bertz CT molecular complexity index is 788. The molecule has 0 radical (unpaired) electrons. The number of para-hydroxylation sites is 1. The molecular formula is C21H24N2O4. The van der Waals surface area contributed by atoms with E-state index in [-0.39, 0.29) is 6.10 Å². The number of hydrogen-bond acceptors (Lipinski definition) is 5. The smallest absolute Gasteiger partial charge is 0.325 e. The van der Waals surface area contributed by atoms with Crippen molar-refractivity contribution in [3.63, 3.8) is 0 Å². The number of benzene rings is 1. The van der Waals surface area contributed by atoms with Crippen molar-refractivity contribution in [3.05, 3.63) is 59.4 Å². The van der Waals surface area contributed by atoms with Crippen LogP contribution >= 0.6 is 0 Å². The fraction of sp³-hybridized carbons (Fsp3) is 0.429. The molecule has 1 aromatic heterocycles. The van der Waals surface area contributed by atoms with Crippen molar-refractivity contribution >= 4 is 5.97 Å². The summed E-state index contributed by atoms with van der Waals surface area (Å²) in [5, 5.41) is 9.89. The number of aromatic nitrogens is 1. The molecule has 1 atom stereocenters. The third-order valence-electron chi connectivity index (χ3n) is 5.32. The summed E-state index contributed by atoms with van der Waals surface area (Å²) in [4.78, 5) is 18.2. The number of fused-ring (bicyclic) bond motifs is 1. The number of aliphatic carboxylic acids is 1. The molecule has 1 saturated heterocycles. The third-order valence-corrected chi connectivity index (χ3v) is 5.32. The number of hydrogen-bond donors (Lipinski definition) is 1. The van der Waals surface area contributed by atoms with E-state index in [1.54, 1.807) is 6.20 Å². The van der Waals surface area contributed by atoms with E-state index in [2.05, 4.69) is 4.98 Å². The van der Waals surface area contributed by atoms with Gasteiger partial charge in [-0.05, 0) is 30.0 Å². The minimum Gasteiger partial charge on any atom is -0.493 e. The number of pyridine rings is 1. The van der Waals surface area contributed by atoms with Crippen molar-refractivity contribution < 1.29 is 19.4 Å². The van der Waals surface area contributed by atoms with E-state index < -0.39 is 12.0 Å². The van der Waals surface area contributed by atoms with Crippen LogP contribution in [-0.2, 0) is 22.6 Å². The molecule has 4 rings (SSSR count). The minimum atomic E-state index is -0.825. The van der Waals surface area contributed by atoms with Gasteiger partial charge in [0.2, 0.25) is 0 Å². The first-order chi connectivity index (χ1) is 13.2. The molecule has 2 aromatic rings. The Labute approximate surface area is 158 Å². The van der Waals surface area contributed by atoms with Gasteiger partial charge in [-0.15, -0.1) is 0 Å². The summed E-state index contributed by atoms with van der Waals surface area (Å²) >= 11 is 0. The van der Waals surface area contributed by atoms with Gasteiger partial charge in [0.15, 0.2) is 0 Å². The number of carbonyl (C=O) groups is 1. The monoisotopic (exact) mass is 368 g/mol. The first-order valence-electron chi connectivity index (χ1n) is 9.44. The maximum Gasteiger partial charge on any atom is 0.325 e. The van der Waals surface area contributed by atoms with Gasteiger partial charge < -0.3 is 14.6 Å². The van der Waals surface area contributed by atoms with Crippen LogP contribution in [0.2, 0.25) is 0 Å². The molecule has 2 aliphatic heterocycles. The van der Waals surface area contributed by atoms with Crippen LogP contribution in [0.4, 0.5) is 0 Å². The number of piperidine rings is 1. The van der Waals surface area contributed by atoms with Gasteiger partial charge in [-0.3, -0.25) is 14.7 Å². The lowest BCUT2D eigenvalue weighted by molar-refractivity contribution is -0.145. The predicted octanol–water partition coefficient (Wildman–Crippen LogP) is 2.82. The van der Waals surface area contributed by atoms with E-state index in [0.29, 0.717) is 26.3 Å². The van der Waals surface area contributed by atoms with Gasteiger partial charge in [-0.25, -0.2) is 0 Å². The first-order valence-corrected chi connectivity index (χ1v) is 9.44. The van der Waals surface area contributed by atoms with Crippen molar-refractivity contribution in [2.45, 2.75) is 38.0 Å². The van der Waals surface area contributed by atoms with Gasteiger partial charge >= 0.3 is 5.97 Å². The van der Waals surface area contributed by atoms with E-state index in [1.807, 2.05) is 41.4 Å². The molecule has 6 heteroatoms. The molecule has 6 nitrogen and oxygen atoms in total. The average Bonchev–Trinajstić information content (AvgIpc) is 3.18. The largest absolute Gasteiger partial charge is 0.493 e. The number of nitrogens with zero attached hydrogens (tertiary/aromatic N) is 2. The second-order valence-electron chi connectivity index (χ2n) is 7.08. The van der Waals surface area contributed by atoms with E-state index in [1.165, 1.54) is 0 Å². The molecular weight excluding hydrogens is 344 g/mol. The summed E-state index contributed by atoms with van der Waals surface area (Å²) in [6, 6.07) is 9.06. The van der Waals surface area contributed by atoms with Crippen molar-refractivity contribution in [1.82, 2.24) is 9.88 Å². The Morgan fingerprint density at radius 1 is 1.30 bits per heavy atom. The fourth-order valence-corrected chi connectivity index (χ4v) is 3.94. The number of likely N-dealkylation sites (tertiary alicyclic amines) is 1. The van der Waals surface area contributed by atoms with Crippen molar-refractivity contribution in [3.8, 4) is 5.75 Å². The lowest BCUT2D eigenvalue weighted by atomic mass is 9.97. The Kier molecular flexibility index (Phi) is 5.36. The Hall–Kier alpha value is -2.44. The molecule has 0 spiro atoms. The van der Waals surface area contributed by atoms with E-state index >= 15 is 0 Å². The molecule has 3 heterocycles. The second-order valence-corrected chi connectivity index (χ2v) is 7.08. The molecule has 0 aliphatic carbocycles. The van der Waals surface area contributed by atoms with Crippen LogP contribution in [0, 0.1) is 0 Å². The summed E-state index contributed by atoms with van der Waals surface area (Å²) in [5.41, 5.74) is 2.93. The molecule has 1 fully saturated rings. The molecule has 27 heavy (non-hydrogen) atoms. The molecule has 0 amide bonds. The van der Waals surface area contributed by atoms with E-state index in [4.69, 9.17) is 9.47 Å². The summed E-state index contributed by atoms with van der Waals surface area (Å²) in [7, 11) is 0. The maximum absolute atomic E-state index is 12.1. The van der Waals surface area contributed by atoms with Gasteiger partial charge in [0.05, 0.1) is 19.3 Å². The molecule has 0 unspecified atom stereocenters. The molecule has 1 aromatic carbocycles. The number of carboxylic acid groups (broad SMARTS) is 1. The quantitative estimate of drug-likeness (QED) is 0.845. The van der Waals surface area contributed by atoms with Gasteiger partial charge in [-0.2, -0.15) is 0 Å². The zero-order valence-electron chi connectivity index (χ0n) is 15.2. The topological polar surface area (TPSA) is 71.9 Å². The highest BCUT2D eigenvalue weighted by atomic mass is 16.5. The van der Waals surface area contributed by atoms with Crippen molar-refractivity contribution in [1.29, 1.82) is 0 Å². The highest BCUT2D eigenvalue weighted by Crippen LogP contribution is 2.37. The Morgan fingerprint density at radius 2 is 2.15 bits per heavy atom. The van der Waals surface area contributed by atoms with Crippen molar-refractivity contribution in [2.24, 2.45) is 0 Å². The molecule has 142 valence electrons. The normalized spacial score (nSPS) is 18.7. The Balaban J connectivity index is 1.40.